The first-order valence-electron chi connectivity index (χ1n) is 4.35. The smallest absolute Gasteiger partial charge is 0.229 e. The Balaban J connectivity index is 3.53. The molecule has 13 heavy (non-hydrogen) atoms. The van der Waals surface area contributed by atoms with Gasteiger partial charge in [0.05, 0.1) is 0 Å². The second-order valence-corrected chi connectivity index (χ2v) is 2.62. The summed E-state index contributed by atoms with van der Waals surface area (Å²) >= 11 is 0. The molecule has 0 aromatic carbocycles. The van der Waals surface area contributed by atoms with E-state index in [9.17, 15) is 9.59 Å². The fourth-order valence-electron chi connectivity index (χ4n) is 0.721. The molecule has 0 radical (unpaired) electrons. The van der Waals surface area contributed by atoms with Crippen LogP contribution in [-0.4, -0.2) is 24.9 Å². The summed E-state index contributed by atoms with van der Waals surface area (Å²) in [5, 5.41) is 5.14. The Labute approximate surface area is 78.4 Å². The zero-order chi connectivity index (χ0) is 10.1. The van der Waals surface area contributed by atoms with Crippen molar-refractivity contribution in [2.24, 2.45) is 0 Å². The number of carbonyl (C=O) groups is 2. The van der Waals surface area contributed by atoms with E-state index in [2.05, 4.69) is 17.2 Å². The van der Waals surface area contributed by atoms with Crippen LogP contribution in [0, 0.1) is 0 Å². The van der Waals surface area contributed by atoms with E-state index in [-0.39, 0.29) is 18.2 Å². The van der Waals surface area contributed by atoms with E-state index in [1.54, 1.807) is 6.08 Å². The number of rotatable bonds is 6. The number of carbonyl (C=O) groups excluding carboxylic acids is 2. The van der Waals surface area contributed by atoms with Crippen LogP contribution in [0.5, 0.6) is 0 Å². The van der Waals surface area contributed by atoms with Gasteiger partial charge in [-0.05, 0) is 6.42 Å². The summed E-state index contributed by atoms with van der Waals surface area (Å²) in [4.78, 5) is 21.9. The van der Waals surface area contributed by atoms with Gasteiger partial charge in [-0.2, -0.15) is 0 Å². The molecular formula is C9H16N2O2. The highest BCUT2D eigenvalue weighted by molar-refractivity contribution is 5.96. The number of amides is 2. The molecule has 0 aliphatic carbocycles. The lowest BCUT2D eigenvalue weighted by Gasteiger charge is -2.03. The van der Waals surface area contributed by atoms with Crippen LogP contribution in [0.1, 0.15) is 19.8 Å². The summed E-state index contributed by atoms with van der Waals surface area (Å²) in [7, 11) is 0. The van der Waals surface area contributed by atoms with Crippen LogP contribution in [0.4, 0.5) is 0 Å². The Morgan fingerprint density at radius 2 is 1.92 bits per heavy atom. The maximum Gasteiger partial charge on any atom is 0.229 e. The molecule has 0 heterocycles. The van der Waals surface area contributed by atoms with Crippen LogP contribution < -0.4 is 10.6 Å². The molecule has 2 amide bonds. The Hall–Kier alpha value is -1.32. The molecule has 4 nitrogen and oxygen atoms in total. The molecule has 0 fully saturated rings. The molecule has 0 bridgehead atoms. The van der Waals surface area contributed by atoms with E-state index in [0.717, 1.165) is 6.42 Å². The van der Waals surface area contributed by atoms with Crippen LogP contribution in [0.25, 0.3) is 0 Å². The highest BCUT2D eigenvalue weighted by Crippen LogP contribution is 1.81. The van der Waals surface area contributed by atoms with Crippen molar-refractivity contribution < 1.29 is 9.59 Å². The third-order valence-corrected chi connectivity index (χ3v) is 1.34. The molecular weight excluding hydrogens is 168 g/mol. The maximum absolute atomic E-state index is 11.0. The Bertz CT molecular complexity index is 190. The highest BCUT2D eigenvalue weighted by atomic mass is 16.2. The highest BCUT2D eigenvalue weighted by Gasteiger charge is 2.06. The molecule has 2 N–H and O–H groups in total. The molecule has 0 atom stereocenters. The second kappa shape index (κ2) is 7.34. The van der Waals surface area contributed by atoms with Crippen molar-refractivity contribution >= 4 is 11.8 Å². The third-order valence-electron chi connectivity index (χ3n) is 1.34. The van der Waals surface area contributed by atoms with Gasteiger partial charge in [0.2, 0.25) is 11.8 Å². The summed E-state index contributed by atoms with van der Waals surface area (Å²) in [6.45, 7) is 6.42. The second-order valence-electron chi connectivity index (χ2n) is 2.62. The summed E-state index contributed by atoms with van der Waals surface area (Å²) < 4.78 is 0. The zero-order valence-electron chi connectivity index (χ0n) is 7.93. The van der Waals surface area contributed by atoms with Gasteiger partial charge in [-0.25, -0.2) is 0 Å². The minimum absolute atomic E-state index is 0.103. The number of nitrogens with one attached hydrogen (secondary N) is 2. The predicted molar refractivity (Wildman–Crippen MR) is 51.1 cm³/mol. The van der Waals surface area contributed by atoms with E-state index >= 15 is 0 Å². The normalized spacial score (nSPS) is 9.00. The van der Waals surface area contributed by atoms with Crippen molar-refractivity contribution in [2.75, 3.05) is 13.1 Å². The standard InChI is InChI=1S/C9H16N2O2/c1-3-5-10-8(12)7-9(13)11-6-4-2/h3H,1,4-7H2,2H3,(H,10,12)(H,11,13). The lowest BCUT2D eigenvalue weighted by atomic mass is 10.3. The number of hydrogen-bond acceptors (Lipinski definition) is 2. The third kappa shape index (κ3) is 7.05. The number of hydrogen-bond donors (Lipinski definition) is 2. The average Bonchev–Trinajstić information content (AvgIpc) is 2.11. The molecule has 0 aromatic rings. The lowest BCUT2D eigenvalue weighted by Crippen LogP contribution is -2.32. The van der Waals surface area contributed by atoms with Crippen LogP contribution in [-0.2, 0) is 9.59 Å². The van der Waals surface area contributed by atoms with Crippen LogP contribution in [0.15, 0.2) is 12.7 Å². The Kier molecular flexibility index (Phi) is 6.59. The van der Waals surface area contributed by atoms with Crippen molar-refractivity contribution in [3.05, 3.63) is 12.7 Å². The van der Waals surface area contributed by atoms with Crippen LogP contribution in [0.2, 0.25) is 0 Å². The molecule has 0 saturated carbocycles. The van der Waals surface area contributed by atoms with Crippen molar-refractivity contribution in [3.8, 4) is 0 Å². The summed E-state index contributed by atoms with van der Waals surface area (Å²) in [6, 6.07) is 0. The van der Waals surface area contributed by atoms with Gasteiger partial charge in [-0.3, -0.25) is 9.59 Å². The van der Waals surface area contributed by atoms with Gasteiger partial charge in [0.1, 0.15) is 6.42 Å². The first kappa shape index (κ1) is 11.7. The van der Waals surface area contributed by atoms with Gasteiger partial charge >= 0.3 is 0 Å². The van der Waals surface area contributed by atoms with E-state index in [1.165, 1.54) is 0 Å². The fraction of sp³-hybridized carbons (Fsp3) is 0.556. The average molecular weight is 184 g/mol. The van der Waals surface area contributed by atoms with Gasteiger partial charge in [-0.1, -0.05) is 13.0 Å². The topological polar surface area (TPSA) is 58.2 Å². The van der Waals surface area contributed by atoms with E-state index < -0.39 is 0 Å². The summed E-state index contributed by atoms with van der Waals surface area (Å²) in [5.41, 5.74) is 0. The van der Waals surface area contributed by atoms with Gasteiger partial charge in [0, 0.05) is 13.1 Å². The quantitative estimate of drug-likeness (QED) is 0.458. The lowest BCUT2D eigenvalue weighted by molar-refractivity contribution is -0.129. The van der Waals surface area contributed by atoms with E-state index in [0.29, 0.717) is 13.1 Å². The minimum atomic E-state index is -0.270. The van der Waals surface area contributed by atoms with Crippen LogP contribution in [0.3, 0.4) is 0 Å². The van der Waals surface area contributed by atoms with Gasteiger partial charge in [0.25, 0.3) is 0 Å². The Morgan fingerprint density at radius 1 is 1.31 bits per heavy atom. The molecule has 0 aliphatic heterocycles. The van der Waals surface area contributed by atoms with Crippen LogP contribution >= 0.6 is 0 Å². The molecule has 4 heteroatoms. The van der Waals surface area contributed by atoms with Crippen molar-refractivity contribution in [2.45, 2.75) is 19.8 Å². The van der Waals surface area contributed by atoms with Gasteiger partial charge in [0.15, 0.2) is 0 Å². The molecule has 0 saturated heterocycles. The van der Waals surface area contributed by atoms with Crippen molar-refractivity contribution in [1.29, 1.82) is 0 Å². The largest absolute Gasteiger partial charge is 0.356 e. The zero-order valence-corrected chi connectivity index (χ0v) is 7.93. The summed E-state index contributed by atoms with van der Waals surface area (Å²) in [6.07, 6.45) is 2.34. The van der Waals surface area contributed by atoms with Crippen molar-refractivity contribution in [3.63, 3.8) is 0 Å². The predicted octanol–water partition coefficient (Wildman–Crippen LogP) is 0.205. The van der Waals surface area contributed by atoms with Gasteiger partial charge in [-0.15, -0.1) is 6.58 Å². The molecule has 0 unspecified atom stereocenters. The van der Waals surface area contributed by atoms with E-state index in [4.69, 9.17) is 0 Å². The molecule has 0 aliphatic rings. The first-order valence-corrected chi connectivity index (χ1v) is 4.35. The molecule has 74 valence electrons. The van der Waals surface area contributed by atoms with Crippen molar-refractivity contribution in [1.82, 2.24) is 10.6 Å². The minimum Gasteiger partial charge on any atom is -0.356 e. The molecule has 0 spiro atoms. The molecule has 0 rings (SSSR count). The molecule has 0 aromatic heterocycles. The maximum atomic E-state index is 11.0. The van der Waals surface area contributed by atoms with E-state index in [1.807, 2.05) is 6.92 Å². The first-order chi connectivity index (χ1) is 6.20. The summed E-state index contributed by atoms with van der Waals surface area (Å²) in [5.74, 6) is -0.503. The monoisotopic (exact) mass is 184 g/mol. The fourth-order valence-corrected chi connectivity index (χ4v) is 0.721. The SMILES string of the molecule is C=CCNC(=O)CC(=O)NCCC. The van der Waals surface area contributed by atoms with Gasteiger partial charge < -0.3 is 10.6 Å². The Morgan fingerprint density at radius 3 is 2.46 bits per heavy atom.